The van der Waals surface area contributed by atoms with E-state index < -0.39 is 0 Å². The van der Waals surface area contributed by atoms with Crippen molar-refractivity contribution in [2.75, 3.05) is 0 Å². The highest BCUT2D eigenvalue weighted by Crippen LogP contribution is 2.24. The van der Waals surface area contributed by atoms with Gasteiger partial charge in [0, 0.05) is 24.2 Å². The lowest BCUT2D eigenvalue weighted by Crippen LogP contribution is -2.21. The van der Waals surface area contributed by atoms with Crippen LogP contribution in [-0.4, -0.2) is 11.0 Å². The number of hydrogen-bond donors (Lipinski definition) is 1. The molecule has 0 aliphatic carbocycles. The minimum atomic E-state index is 0.499. The van der Waals surface area contributed by atoms with Crippen molar-refractivity contribution in [3.05, 3.63) is 66.4 Å². The van der Waals surface area contributed by atoms with Gasteiger partial charge in [-0.1, -0.05) is 50.2 Å². The first kappa shape index (κ1) is 13.8. The van der Waals surface area contributed by atoms with Crippen LogP contribution in [0.3, 0.4) is 0 Å². The number of pyridine rings is 1. The molecule has 0 aliphatic heterocycles. The van der Waals surface area contributed by atoms with E-state index >= 15 is 0 Å². The molecule has 1 aromatic heterocycles. The van der Waals surface area contributed by atoms with Crippen molar-refractivity contribution in [1.82, 2.24) is 10.3 Å². The molecule has 21 heavy (non-hydrogen) atoms. The molecule has 0 aliphatic rings. The highest BCUT2D eigenvalue weighted by molar-refractivity contribution is 5.84. The molecule has 0 saturated heterocycles. The van der Waals surface area contributed by atoms with E-state index in [-0.39, 0.29) is 0 Å². The summed E-state index contributed by atoms with van der Waals surface area (Å²) in [4.78, 5) is 4.44. The number of rotatable bonds is 4. The van der Waals surface area contributed by atoms with E-state index in [9.17, 15) is 0 Å². The Morgan fingerprint density at radius 1 is 0.952 bits per heavy atom. The van der Waals surface area contributed by atoms with Crippen molar-refractivity contribution in [3.8, 4) is 11.1 Å². The molecule has 106 valence electrons. The second-order valence-corrected chi connectivity index (χ2v) is 5.65. The van der Waals surface area contributed by atoms with Crippen LogP contribution in [0.15, 0.2) is 60.8 Å². The van der Waals surface area contributed by atoms with Crippen LogP contribution >= 0.6 is 0 Å². The van der Waals surface area contributed by atoms with Crippen LogP contribution in [0, 0.1) is 0 Å². The van der Waals surface area contributed by atoms with E-state index in [1.54, 1.807) is 0 Å². The second kappa shape index (κ2) is 6.06. The standard InChI is InChI=1S/C19H20N2/c1-14(2)21-13-15-5-3-6-17(11-15)18-9-8-16-7-4-10-20-19(16)12-18/h3-12,14,21H,13H2,1-2H3. The molecule has 2 aromatic carbocycles. The summed E-state index contributed by atoms with van der Waals surface area (Å²) in [5.41, 5.74) is 4.81. The molecular formula is C19H20N2. The molecule has 0 bridgehead atoms. The Hall–Kier alpha value is -2.19. The van der Waals surface area contributed by atoms with Crippen molar-refractivity contribution in [2.24, 2.45) is 0 Å². The molecule has 0 saturated carbocycles. The lowest BCUT2D eigenvalue weighted by Gasteiger charge is -2.10. The van der Waals surface area contributed by atoms with Gasteiger partial charge in [0.1, 0.15) is 0 Å². The van der Waals surface area contributed by atoms with Crippen molar-refractivity contribution in [2.45, 2.75) is 26.4 Å². The van der Waals surface area contributed by atoms with Gasteiger partial charge >= 0.3 is 0 Å². The van der Waals surface area contributed by atoms with E-state index in [1.165, 1.54) is 22.1 Å². The fraction of sp³-hybridized carbons (Fsp3) is 0.211. The summed E-state index contributed by atoms with van der Waals surface area (Å²) >= 11 is 0. The van der Waals surface area contributed by atoms with Gasteiger partial charge in [0.05, 0.1) is 5.52 Å². The first-order valence-electron chi connectivity index (χ1n) is 7.40. The maximum Gasteiger partial charge on any atom is 0.0708 e. The fourth-order valence-corrected chi connectivity index (χ4v) is 2.43. The first-order valence-corrected chi connectivity index (χ1v) is 7.40. The Morgan fingerprint density at radius 3 is 2.67 bits per heavy atom. The van der Waals surface area contributed by atoms with Gasteiger partial charge < -0.3 is 5.32 Å². The third-order valence-electron chi connectivity index (χ3n) is 3.58. The van der Waals surface area contributed by atoms with Gasteiger partial charge in [-0.15, -0.1) is 0 Å². The molecule has 1 N–H and O–H groups in total. The van der Waals surface area contributed by atoms with Crippen LogP contribution in [-0.2, 0) is 6.54 Å². The number of benzene rings is 2. The zero-order valence-corrected chi connectivity index (χ0v) is 12.5. The van der Waals surface area contributed by atoms with Crippen molar-refractivity contribution < 1.29 is 0 Å². The average molecular weight is 276 g/mol. The van der Waals surface area contributed by atoms with Gasteiger partial charge in [-0.05, 0) is 34.9 Å². The molecule has 0 amide bonds. The molecule has 0 unspecified atom stereocenters. The van der Waals surface area contributed by atoms with E-state index in [0.29, 0.717) is 6.04 Å². The molecule has 2 heteroatoms. The monoisotopic (exact) mass is 276 g/mol. The van der Waals surface area contributed by atoms with Crippen LogP contribution in [0.2, 0.25) is 0 Å². The summed E-state index contributed by atoms with van der Waals surface area (Å²) in [7, 11) is 0. The quantitative estimate of drug-likeness (QED) is 0.764. The summed E-state index contributed by atoms with van der Waals surface area (Å²) in [6.45, 7) is 5.23. The SMILES string of the molecule is CC(C)NCc1cccc(-c2ccc3cccnc3c2)c1. The number of hydrogen-bond acceptors (Lipinski definition) is 2. The maximum atomic E-state index is 4.44. The molecular weight excluding hydrogens is 256 g/mol. The zero-order chi connectivity index (χ0) is 14.7. The lowest BCUT2D eigenvalue weighted by molar-refractivity contribution is 0.589. The van der Waals surface area contributed by atoms with Gasteiger partial charge in [-0.25, -0.2) is 0 Å². The second-order valence-electron chi connectivity index (χ2n) is 5.65. The Balaban J connectivity index is 1.92. The molecule has 2 nitrogen and oxygen atoms in total. The lowest BCUT2D eigenvalue weighted by atomic mass is 10.0. The normalized spacial score (nSPS) is 11.2. The van der Waals surface area contributed by atoms with Crippen LogP contribution in [0.4, 0.5) is 0 Å². The number of nitrogens with zero attached hydrogens (tertiary/aromatic N) is 1. The summed E-state index contributed by atoms with van der Waals surface area (Å²) in [5.74, 6) is 0. The van der Waals surface area contributed by atoms with Crippen LogP contribution in [0.5, 0.6) is 0 Å². The predicted octanol–water partition coefficient (Wildman–Crippen LogP) is 4.40. The van der Waals surface area contributed by atoms with Gasteiger partial charge in [0.2, 0.25) is 0 Å². The molecule has 0 atom stereocenters. The summed E-state index contributed by atoms with van der Waals surface area (Å²) in [5, 5.41) is 4.64. The Kier molecular flexibility index (Phi) is 3.98. The predicted molar refractivity (Wildman–Crippen MR) is 89.2 cm³/mol. The number of aromatic nitrogens is 1. The van der Waals surface area contributed by atoms with E-state index in [2.05, 4.69) is 72.7 Å². The summed E-state index contributed by atoms with van der Waals surface area (Å²) in [6, 6.07) is 19.7. The third kappa shape index (κ3) is 3.29. The first-order chi connectivity index (χ1) is 10.2. The third-order valence-corrected chi connectivity index (χ3v) is 3.58. The topological polar surface area (TPSA) is 24.9 Å². The minimum Gasteiger partial charge on any atom is -0.310 e. The van der Waals surface area contributed by atoms with E-state index in [1.807, 2.05) is 12.3 Å². The fourth-order valence-electron chi connectivity index (χ4n) is 2.43. The number of fused-ring (bicyclic) bond motifs is 1. The molecule has 0 spiro atoms. The molecule has 0 radical (unpaired) electrons. The van der Waals surface area contributed by atoms with Gasteiger partial charge in [0.25, 0.3) is 0 Å². The van der Waals surface area contributed by atoms with Crippen LogP contribution in [0.1, 0.15) is 19.4 Å². The molecule has 0 fully saturated rings. The van der Waals surface area contributed by atoms with Crippen LogP contribution < -0.4 is 5.32 Å². The Bertz CT molecular complexity index is 747. The van der Waals surface area contributed by atoms with Crippen molar-refractivity contribution in [3.63, 3.8) is 0 Å². The Labute approximate surface area is 125 Å². The molecule has 3 aromatic rings. The van der Waals surface area contributed by atoms with Gasteiger partial charge in [-0.2, -0.15) is 0 Å². The highest BCUT2D eigenvalue weighted by atomic mass is 14.9. The number of nitrogens with one attached hydrogen (secondary N) is 1. The average Bonchev–Trinajstić information content (AvgIpc) is 2.53. The van der Waals surface area contributed by atoms with Crippen molar-refractivity contribution >= 4 is 10.9 Å². The van der Waals surface area contributed by atoms with Crippen LogP contribution in [0.25, 0.3) is 22.0 Å². The van der Waals surface area contributed by atoms with Gasteiger partial charge in [0.15, 0.2) is 0 Å². The van der Waals surface area contributed by atoms with E-state index in [0.717, 1.165) is 12.1 Å². The Morgan fingerprint density at radius 2 is 1.81 bits per heavy atom. The highest BCUT2D eigenvalue weighted by Gasteiger charge is 2.02. The molecule has 3 rings (SSSR count). The molecule has 1 heterocycles. The van der Waals surface area contributed by atoms with Crippen molar-refractivity contribution in [1.29, 1.82) is 0 Å². The summed E-state index contributed by atoms with van der Waals surface area (Å²) in [6.07, 6.45) is 1.84. The summed E-state index contributed by atoms with van der Waals surface area (Å²) < 4.78 is 0. The van der Waals surface area contributed by atoms with Gasteiger partial charge in [-0.3, -0.25) is 4.98 Å². The maximum absolute atomic E-state index is 4.44. The smallest absolute Gasteiger partial charge is 0.0708 e. The zero-order valence-electron chi connectivity index (χ0n) is 12.5. The van der Waals surface area contributed by atoms with E-state index in [4.69, 9.17) is 0 Å². The largest absolute Gasteiger partial charge is 0.310 e. The minimum absolute atomic E-state index is 0.499.